The molecular weight excluding hydrogens is 248 g/mol. The van der Waals surface area contributed by atoms with Gasteiger partial charge < -0.3 is 4.74 Å². The lowest BCUT2D eigenvalue weighted by atomic mass is 9.87. The average molecular weight is 280 g/mol. The predicted molar refractivity (Wildman–Crippen MR) is 86.5 cm³/mol. The van der Waals surface area contributed by atoms with E-state index in [9.17, 15) is 4.79 Å². The Morgan fingerprint density at radius 2 is 1.65 bits per heavy atom. The van der Waals surface area contributed by atoms with Gasteiger partial charge in [-0.3, -0.25) is 0 Å². The summed E-state index contributed by atoms with van der Waals surface area (Å²) < 4.78 is 4.92. The van der Waals surface area contributed by atoms with Crippen LogP contribution >= 0.6 is 0 Å². The summed E-state index contributed by atoms with van der Waals surface area (Å²) in [5, 5.41) is 0. The van der Waals surface area contributed by atoms with Crippen molar-refractivity contribution < 1.29 is 9.53 Å². The highest BCUT2D eigenvalue weighted by molar-refractivity contribution is 5.83. The molecule has 0 heterocycles. The molecule has 0 aromatic rings. The third kappa shape index (κ3) is 8.19. The Labute approximate surface area is 125 Å². The van der Waals surface area contributed by atoms with Crippen LogP contribution in [0.3, 0.4) is 0 Å². The van der Waals surface area contributed by atoms with Crippen LogP contribution in [0.1, 0.15) is 61.3 Å². The van der Waals surface area contributed by atoms with E-state index in [1.165, 1.54) is 18.4 Å². The Kier molecular flexibility index (Phi) is 9.28. The smallest absolute Gasteiger partial charge is 0.330 e. The van der Waals surface area contributed by atoms with Crippen LogP contribution in [0.2, 0.25) is 0 Å². The maximum absolute atomic E-state index is 11.4. The lowest BCUT2D eigenvalue weighted by Crippen LogP contribution is -2.07. The van der Waals surface area contributed by atoms with E-state index in [2.05, 4.69) is 40.7 Å². The second-order valence-electron chi connectivity index (χ2n) is 6.23. The van der Waals surface area contributed by atoms with E-state index >= 15 is 0 Å². The molecule has 2 nitrogen and oxygen atoms in total. The number of rotatable bonds is 8. The second-order valence-corrected chi connectivity index (χ2v) is 6.23. The number of allylic oxidation sites excluding steroid dienone is 3. The van der Waals surface area contributed by atoms with Gasteiger partial charge in [0.25, 0.3) is 0 Å². The Hall–Kier alpha value is -1.05. The minimum absolute atomic E-state index is 0.255. The molecule has 20 heavy (non-hydrogen) atoms. The fraction of sp³-hybridized carbons (Fsp3) is 0.722. The average Bonchev–Trinajstić information content (AvgIpc) is 2.34. The van der Waals surface area contributed by atoms with E-state index in [1.54, 1.807) is 6.08 Å². The van der Waals surface area contributed by atoms with Crippen LogP contribution in [0.4, 0.5) is 0 Å². The van der Waals surface area contributed by atoms with Crippen LogP contribution in [0.15, 0.2) is 23.3 Å². The van der Waals surface area contributed by atoms with Crippen LogP contribution in [0, 0.1) is 17.8 Å². The summed E-state index contributed by atoms with van der Waals surface area (Å²) in [6.45, 7) is 15.5. The van der Waals surface area contributed by atoms with Gasteiger partial charge >= 0.3 is 5.97 Å². The zero-order valence-corrected chi connectivity index (χ0v) is 14.3. The minimum atomic E-state index is -0.255. The van der Waals surface area contributed by atoms with Crippen LogP contribution in [-0.2, 0) is 9.53 Å². The van der Waals surface area contributed by atoms with Gasteiger partial charge in [-0.05, 0) is 56.9 Å². The fourth-order valence-corrected chi connectivity index (χ4v) is 1.99. The SMILES string of the molecule is CCOC(=O)/C=C(C)/C=C(\C)C(C)CCC(C)C(C)C. The first-order chi connectivity index (χ1) is 9.27. The second kappa shape index (κ2) is 9.79. The lowest BCUT2D eigenvalue weighted by Gasteiger charge is -2.19. The molecule has 0 amide bonds. The monoisotopic (exact) mass is 280 g/mol. The molecule has 0 fully saturated rings. The van der Waals surface area contributed by atoms with E-state index in [1.807, 2.05) is 13.8 Å². The van der Waals surface area contributed by atoms with Crippen LogP contribution in [-0.4, -0.2) is 12.6 Å². The first kappa shape index (κ1) is 18.9. The van der Waals surface area contributed by atoms with E-state index in [4.69, 9.17) is 4.74 Å². The van der Waals surface area contributed by atoms with Crippen molar-refractivity contribution in [2.75, 3.05) is 6.61 Å². The van der Waals surface area contributed by atoms with E-state index in [0.29, 0.717) is 12.5 Å². The number of hydrogen-bond acceptors (Lipinski definition) is 2. The zero-order chi connectivity index (χ0) is 15.7. The number of esters is 1. The normalized spacial score (nSPS) is 16.2. The molecule has 0 spiro atoms. The third-order valence-corrected chi connectivity index (χ3v) is 4.06. The van der Waals surface area contributed by atoms with Gasteiger partial charge in [-0.25, -0.2) is 4.79 Å². The highest BCUT2D eigenvalue weighted by atomic mass is 16.5. The van der Waals surface area contributed by atoms with Crippen LogP contribution in [0.5, 0.6) is 0 Å². The van der Waals surface area contributed by atoms with Crippen molar-refractivity contribution in [1.82, 2.24) is 0 Å². The molecule has 0 aromatic heterocycles. The molecule has 0 aliphatic carbocycles. The number of hydrogen-bond donors (Lipinski definition) is 0. The Bertz CT molecular complexity index is 350. The van der Waals surface area contributed by atoms with Gasteiger partial charge in [-0.15, -0.1) is 0 Å². The van der Waals surface area contributed by atoms with Crippen molar-refractivity contribution in [2.45, 2.75) is 61.3 Å². The summed E-state index contributed by atoms with van der Waals surface area (Å²) in [6, 6.07) is 0. The first-order valence-corrected chi connectivity index (χ1v) is 7.81. The highest BCUT2D eigenvalue weighted by Gasteiger charge is 2.11. The predicted octanol–water partition coefficient (Wildman–Crippen LogP) is 5.15. The molecule has 0 rings (SSSR count). The van der Waals surface area contributed by atoms with E-state index < -0.39 is 0 Å². The molecule has 0 saturated heterocycles. The van der Waals surface area contributed by atoms with Gasteiger partial charge in [0, 0.05) is 6.08 Å². The quantitative estimate of drug-likeness (QED) is 0.349. The third-order valence-electron chi connectivity index (χ3n) is 4.06. The lowest BCUT2D eigenvalue weighted by molar-refractivity contribution is -0.137. The summed E-state index contributed by atoms with van der Waals surface area (Å²) in [7, 11) is 0. The summed E-state index contributed by atoms with van der Waals surface area (Å²) in [6.07, 6.45) is 6.12. The van der Waals surface area contributed by atoms with Gasteiger partial charge in [0.2, 0.25) is 0 Å². The fourth-order valence-electron chi connectivity index (χ4n) is 1.99. The number of carbonyl (C=O) groups is 1. The molecule has 116 valence electrons. The summed E-state index contributed by atoms with van der Waals surface area (Å²) in [4.78, 5) is 11.4. The number of carbonyl (C=O) groups excluding carboxylic acids is 1. The Morgan fingerprint density at radius 3 is 2.15 bits per heavy atom. The molecule has 0 radical (unpaired) electrons. The molecule has 0 aliphatic heterocycles. The van der Waals surface area contributed by atoms with Crippen molar-refractivity contribution in [3.05, 3.63) is 23.3 Å². The van der Waals surface area contributed by atoms with Crippen molar-refractivity contribution in [2.24, 2.45) is 17.8 Å². The molecule has 2 heteroatoms. The molecule has 0 aromatic carbocycles. The van der Waals surface area contributed by atoms with Crippen molar-refractivity contribution >= 4 is 5.97 Å². The zero-order valence-electron chi connectivity index (χ0n) is 14.3. The van der Waals surface area contributed by atoms with Gasteiger partial charge in [0.1, 0.15) is 0 Å². The largest absolute Gasteiger partial charge is 0.463 e. The van der Waals surface area contributed by atoms with Gasteiger partial charge in [-0.2, -0.15) is 0 Å². The van der Waals surface area contributed by atoms with Crippen molar-refractivity contribution in [3.8, 4) is 0 Å². The molecule has 0 bridgehead atoms. The molecule has 0 aliphatic rings. The molecule has 0 saturated carbocycles. The Morgan fingerprint density at radius 1 is 1.05 bits per heavy atom. The van der Waals surface area contributed by atoms with E-state index in [-0.39, 0.29) is 5.97 Å². The molecular formula is C18H32O2. The summed E-state index contributed by atoms with van der Waals surface area (Å²) in [5.41, 5.74) is 2.30. The minimum Gasteiger partial charge on any atom is -0.463 e. The highest BCUT2D eigenvalue weighted by Crippen LogP contribution is 2.23. The number of ether oxygens (including phenoxy) is 1. The Balaban J connectivity index is 4.44. The van der Waals surface area contributed by atoms with Gasteiger partial charge in [0.15, 0.2) is 0 Å². The molecule has 2 unspecified atom stereocenters. The van der Waals surface area contributed by atoms with Crippen LogP contribution < -0.4 is 0 Å². The van der Waals surface area contributed by atoms with Crippen molar-refractivity contribution in [3.63, 3.8) is 0 Å². The molecule has 0 N–H and O–H groups in total. The molecule has 2 atom stereocenters. The first-order valence-electron chi connectivity index (χ1n) is 7.81. The van der Waals surface area contributed by atoms with E-state index in [0.717, 1.165) is 17.4 Å². The topological polar surface area (TPSA) is 26.3 Å². The maximum atomic E-state index is 11.4. The van der Waals surface area contributed by atoms with Gasteiger partial charge in [0.05, 0.1) is 6.61 Å². The van der Waals surface area contributed by atoms with Crippen molar-refractivity contribution in [1.29, 1.82) is 0 Å². The summed E-state index contributed by atoms with van der Waals surface area (Å²) >= 11 is 0. The maximum Gasteiger partial charge on any atom is 0.330 e. The van der Waals surface area contributed by atoms with Crippen LogP contribution in [0.25, 0.3) is 0 Å². The van der Waals surface area contributed by atoms with Gasteiger partial charge in [-0.1, -0.05) is 39.3 Å². The summed E-state index contributed by atoms with van der Waals surface area (Å²) in [5.74, 6) is 1.82. The standard InChI is InChI=1S/C18H32O2/c1-8-20-18(19)12-14(4)11-17(7)16(6)10-9-15(5)13(2)3/h11-13,15-16H,8-10H2,1-7H3/b14-12+,17-11+.